The van der Waals surface area contributed by atoms with Gasteiger partial charge in [-0.15, -0.1) is 0 Å². The van der Waals surface area contributed by atoms with Crippen molar-refractivity contribution in [3.05, 3.63) is 28.3 Å². The van der Waals surface area contributed by atoms with E-state index in [1.807, 2.05) is 16.7 Å². The molecule has 2 amide bonds. The molecule has 0 aromatic heterocycles. The molecule has 2 heterocycles. The summed E-state index contributed by atoms with van der Waals surface area (Å²) < 4.78 is 5.17. The Labute approximate surface area is 173 Å². The molecule has 2 aliphatic heterocycles. The summed E-state index contributed by atoms with van der Waals surface area (Å²) in [4.78, 5) is 39.7. The lowest BCUT2D eigenvalue weighted by molar-refractivity contribution is -0.384. The quantitative estimate of drug-likeness (QED) is 0.529. The normalized spacial score (nSPS) is 19.8. The Hall–Kier alpha value is -2.33. The van der Waals surface area contributed by atoms with Gasteiger partial charge in [-0.1, -0.05) is 0 Å². The van der Waals surface area contributed by atoms with E-state index >= 15 is 0 Å². The minimum absolute atomic E-state index is 0.119. The van der Waals surface area contributed by atoms with Gasteiger partial charge in [0.2, 0.25) is 11.8 Å². The van der Waals surface area contributed by atoms with Crippen molar-refractivity contribution in [1.82, 2.24) is 9.80 Å². The molecule has 2 fully saturated rings. The van der Waals surface area contributed by atoms with Crippen molar-refractivity contribution < 1.29 is 19.2 Å². The number of nitro benzene ring substituents is 1. The number of ether oxygens (including phenoxy) is 1. The summed E-state index contributed by atoms with van der Waals surface area (Å²) in [6, 6.07) is 3.92. The number of carbonyl (C=O) groups is 2. The molecule has 3 rings (SSSR count). The Morgan fingerprint density at radius 2 is 2.07 bits per heavy atom. The Morgan fingerprint density at radius 3 is 2.76 bits per heavy atom. The van der Waals surface area contributed by atoms with E-state index in [2.05, 4.69) is 10.2 Å². The van der Waals surface area contributed by atoms with E-state index in [4.69, 9.17) is 4.74 Å². The molecule has 0 saturated carbocycles. The average molecular weight is 423 g/mol. The molecule has 2 saturated heterocycles. The first-order chi connectivity index (χ1) is 14.0. The largest absolute Gasteiger partial charge is 0.495 e. The third-order valence-corrected chi connectivity index (χ3v) is 6.21. The second-order valence-corrected chi connectivity index (χ2v) is 8.30. The molecule has 1 N–H and O–H groups in total. The van der Waals surface area contributed by atoms with Crippen molar-refractivity contribution in [2.75, 3.05) is 50.1 Å². The molecule has 1 aromatic carbocycles. The van der Waals surface area contributed by atoms with Gasteiger partial charge in [0, 0.05) is 49.7 Å². The zero-order valence-electron chi connectivity index (χ0n) is 16.5. The molecule has 0 spiro atoms. The number of rotatable bonds is 7. The number of hydrogen-bond donors (Lipinski definition) is 1. The second kappa shape index (κ2) is 9.93. The van der Waals surface area contributed by atoms with E-state index in [9.17, 15) is 19.7 Å². The Kier molecular flexibility index (Phi) is 7.32. The number of nitro groups is 1. The zero-order chi connectivity index (χ0) is 20.8. The smallest absolute Gasteiger partial charge is 0.271 e. The van der Waals surface area contributed by atoms with Crippen molar-refractivity contribution in [2.45, 2.75) is 25.3 Å². The van der Waals surface area contributed by atoms with Gasteiger partial charge in [0.25, 0.3) is 5.69 Å². The number of carbonyl (C=O) groups excluding carboxylic acids is 2. The summed E-state index contributed by atoms with van der Waals surface area (Å²) in [7, 11) is 1.44. The van der Waals surface area contributed by atoms with E-state index in [1.165, 1.54) is 25.3 Å². The lowest BCUT2D eigenvalue weighted by atomic mass is 10.2. The van der Waals surface area contributed by atoms with Crippen LogP contribution in [0.2, 0.25) is 0 Å². The molecule has 29 heavy (non-hydrogen) atoms. The summed E-state index contributed by atoms with van der Waals surface area (Å²) in [6.45, 7) is 2.86. The Balaban J connectivity index is 1.56. The van der Waals surface area contributed by atoms with E-state index < -0.39 is 4.92 Å². The molecule has 2 aliphatic rings. The molecule has 158 valence electrons. The first-order valence-corrected chi connectivity index (χ1v) is 10.9. The zero-order valence-corrected chi connectivity index (χ0v) is 17.3. The number of amides is 2. The van der Waals surface area contributed by atoms with Crippen molar-refractivity contribution in [2.24, 2.45) is 0 Å². The average Bonchev–Trinajstić information content (AvgIpc) is 3.21. The van der Waals surface area contributed by atoms with Crippen molar-refractivity contribution in [3.8, 4) is 5.75 Å². The van der Waals surface area contributed by atoms with Crippen LogP contribution < -0.4 is 10.1 Å². The maximum Gasteiger partial charge on any atom is 0.271 e. The fraction of sp³-hybridized carbons (Fsp3) is 0.579. The summed E-state index contributed by atoms with van der Waals surface area (Å²) in [5.74, 6) is 2.22. The fourth-order valence-electron chi connectivity index (χ4n) is 3.73. The lowest BCUT2D eigenvalue weighted by Gasteiger charge is -2.32. The summed E-state index contributed by atoms with van der Waals surface area (Å²) in [5.41, 5.74) is 0.151. The van der Waals surface area contributed by atoms with Gasteiger partial charge < -0.3 is 15.0 Å². The second-order valence-electron chi connectivity index (χ2n) is 7.07. The number of nitrogens with one attached hydrogen (secondary N) is 1. The maximum atomic E-state index is 12.8. The van der Waals surface area contributed by atoms with Crippen LogP contribution in [-0.2, 0) is 9.59 Å². The van der Waals surface area contributed by atoms with Crippen LogP contribution in [0.3, 0.4) is 0 Å². The highest BCUT2D eigenvalue weighted by molar-refractivity contribution is 7.99. The van der Waals surface area contributed by atoms with Crippen molar-refractivity contribution in [3.63, 3.8) is 0 Å². The van der Waals surface area contributed by atoms with Crippen LogP contribution in [0.5, 0.6) is 5.75 Å². The Morgan fingerprint density at radius 1 is 1.31 bits per heavy atom. The molecule has 10 heteroatoms. The van der Waals surface area contributed by atoms with E-state index in [0.717, 1.165) is 44.0 Å². The van der Waals surface area contributed by atoms with Crippen LogP contribution in [0, 0.1) is 10.1 Å². The molecule has 1 unspecified atom stereocenters. The van der Waals surface area contributed by atoms with Crippen LogP contribution in [0.15, 0.2) is 18.2 Å². The highest BCUT2D eigenvalue weighted by atomic mass is 32.2. The maximum absolute atomic E-state index is 12.8. The van der Waals surface area contributed by atoms with E-state index in [0.29, 0.717) is 12.3 Å². The predicted octanol–water partition coefficient (Wildman–Crippen LogP) is 1.97. The van der Waals surface area contributed by atoms with Gasteiger partial charge in [-0.3, -0.25) is 24.6 Å². The minimum atomic E-state index is -0.519. The van der Waals surface area contributed by atoms with Crippen molar-refractivity contribution in [1.29, 1.82) is 0 Å². The van der Waals surface area contributed by atoms with Crippen LogP contribution in [0.25, 0.3) is 0 Å². The van der Waals surface area contributed by atoms with Gasteiger partial charge in [0.15, 0.2) is 0 Å². The summed E-state index contributed by atoms with van der Waals surface area (Å²) in [6.07, 6.45) is 1.97. The number of non-ortho nitro benzene ring substituents is 1. The molecule has 0 aliphatic carbocycles. The lowest BCUT2D eigenvalue weighted by Crippen LogP contribution is -2.48. The summed E-state index contributed by atoms with van der Waals surface area (Å²) >= 11 is 1.87. The van der Waals surface area contributed by atoms with Crippen LogP contribution >= 0.6 is 11.8 Å². The van der Waals surface area contributed by atoms with Gasteiger partial charge in [0.05, 0.1) is 23.8 Å². The Bertz CT molecular complexity index is 769. The number of thioether (sulfide) groups is 1. The van der Waals surface area contributed by atoms with Crippen LogP contribution in [-0.4, -0.2) is 77.4 Å². The van der Waals surface area contributed by atoms with Gasteiger partial charge in [-0.25, -0.2) is 0 Å². The van der Waals surface area contributed by atoms with Gasteiger partial charge in [-0.2, -0.15) is 11.8 Å². The van der Waals surface area contributed by atoms with E-state index in [1.54, 1.807) is 0 Å². The highest BCUT2D eigenvalue weighted by Gasteiger charge is 2.34. The van der Waals surface area contributed by atoms with Crippen LogP contribution in [0.1, 0.15) is 19.3 Å². The molecule has 0 radical (unpaired) electrons. The molecule has 9 nitrogen and oxygen atoms in total. The molecular weight excluding hydrogens is 396 g/mol. The first kappa shape index (κ1) is 21.4. The number of anilines is 1. The molecule has 1 atom stereocenters. The minimum Gasteiger partial charge on any atom is -0.495 e. The van der Waals surface area contributed by atoms with Gasteiger partial charge >= 0.3 is 0 Å². The monoisotopic (exact) mass is 422 g/mol. The standard InChI is InChI=1S/C19H26N4O5S/c1-28-17-5-4-14(23(26)27)13-15(17)20-18(24)6-8-21-7-2-3-16(21)19(25)22-9-11-29-12-10-22/h4-5,13,16H,2-3,6-12H2,1H3,(H,20,24). The first-order valence-electron chi connectivity index (χ1n) is 9.72. The number of nitrogens with zero attached hydrogens (tertiary/aromatic N) is 3. The topological polar surface area (TPSA) is 105 Å². The SMILES string of the molecule is COc1ccc([N+](=O)[O-])cc1NC(=O)CCN1CCCC1C(=O)N1CCSCC1. The molecule has 0 bridgehead atoms. The predicted molar refractivity (Wildman–Crippen MR) is 111 cm³/mol. The fourth-order valence-corrected chi connectivity index (χ4v) is 4.64. The van der Waals surface area contributed by atoms with E-state index in [-0.39, 0.29) is 35.7 Å². The third-order valence-electron chi connectivity index (χ3n) is 5.27. The number of likely N-dealkylation sites (tertiary alicyclic amines) is 1. The number of hydrogen-bond acceptors (Lipinski definition) is 7. The third kappa shape index (κ3) is 5.39. The number of methoxy groups -OCH3 is 1. The van der Waals surface area contributed by atoms with Gasteiger partial charge in [-0.05, 0) is 25.5 Å². The van der Waals surface area contributed by atoms with Gasteiger partial charge in [0.1, 0.15) is 5.75 Å². The number of benzene rings is 1. The molecule has 1 aromatic rings. The summed E-state index contributed by atoms with van der Waals surface area (Å²) in [5, 5.41) is 13.7. The van der Waals surface area contributed by atoms with Crippen LogP contribution in [0.4, 0.5) is 11.4 Å². The highest BCUT2D eigenvalue weighted by Crippen LogP contribution is 2.29. The van der Waals surface area contributed by atoms with Crippen molar-refractivity contribution >= 4 is 35.0 Å². The molecular formula is C19H26N4O5S.